The molecule has 1 unspecified atom stereocenters. The van der Waals surface area contributed by atoms with Crippen LogP contribution in [0.15, 0.2) is 24.3 Å². The van der Waals surface area contributed by atoms with Crippen LogP contribution >= 0.6 is 0 Å². The normalized spacial score (nSPS) is 19.0. The van der Waals surface area contributed by atoms with Crippen LogP contribution in [0.5, 0.6) is 5.75 Å². The molecule has 0 aromatic heterocycles. The SMILES string of the molecule is COc1ccc(C(=O)N2CCCCC2C(=O)O)cc1. The molecule has 1 amide bonds. The van der Waals surface area contributed by atoms with Crippen molar-refractivity contribution in [2.75, 3.05) is 13.7 Å². The average molecular weight is 263 g/mol. The number of piperidine rings is 1. The molecule has 1 fully saturated rings. The van der Waals surface area contributed by atoms with Crippen LogP contribution in [0.2, 0.25) is 0 Å². The van der Waals surface area contributed by atoms with Crippen LogP contribution in [0.25, 0.3) is 0 Å². The highest BCUT2D eigenvalue weighted by atomic mass is 16.5. The Morgan fingerprint density at radius 3 is 2.53 bits per heavy atom. The first-order valence-electron chi connectivity index (χ1n) is 6.31. The van der Waals surface area contributed by atoms with E-state index in [-0.39, 0.29) is 5.91 Å². The van der Waals surface area contributed by atoms with E-state index in [0.29, 0.717) is 24.3 Å². The second-order valence-corrected chi connectivity index (χ2v) is 4.58. The molecule has 0 bridgehead atoms. The number of amides is 1. The lowest BCUT2D eigenvalue weighted by atomic mass is 10.0. The van der Waals surface area contributed by atoms with Crippen LogP contribution < -0.4 is 4.74 Å². The van der Waals surface area contributed by atoms with Crippen LogP contribution in [0.1, 0.15) is 29.6 Å². The van der Waals surface area contributed by atoms with Crippen molar-refractivity contribution in [1.82, 2.24) is 4.90 Å². The van der Waals surface area contributed by atoms with Crippen molar-refractivity contribution in [1.29, 1.82) is 0 Å². The van der Waals surface area contributed by atoms with E-state index >= 15 is 0 Å². The minimum Gasteiger partial charge on any atom is -0.497 e. The topological polar surface area (TPSA) is 66.8 Å². The number of aliphatic carboxylic acids is 1. The van der Waals surface area contributed by atoms with Gasteiger partial charge in [0, 0.05) is 12.1 Å². The van der Waals surface area contributed by atoms with Crippen molar-refractivity contribution < 1.29 is 19.4 Å². The summed E-state index contributed by atoms with van der Waals surface area (Å²) in [5, 5.41) is 9.17. The van der Waals surface area contributed by atoms with Gasteiger partial charge < -0.3 is 14.7 Å². The van der Waals surface area contributed by atoms with Crippen LogP contribution in [-0.2, 0) is 4.79 Å². The lowest BCUT2D eigenvalue weighted by Gasteiger charge is -2.33. The lowest BCUT2D eigenvalue weighted by molar-refractivity contribution is -0.143. The summed E-state index contributed by atoms with van der Waals surface area (Å²) in [6.45, 7) is 0.502. The summed E-state index contributed by atoms with van der Waals surface area (Å²) in [4.78, 5) is 25.0. The van der Waals surface area contributed by atoms with Crippen LogP contribution in [0.3, 0.4) is 0 Å². The molecule has 0 spiro atoms. The Balaban J connectivity index is 2.18. The third-order valence-electron chi connectivity index (χ3n) is 3.39. The molecular weight excluding hydrogens is 246 g/mol. The number of benzene rings is 1. The average Bonchev–Trinajstić information content (AvgIpc) is 2.46. The Labute approximate surface area is 111 Å². The molecule has 0 aliphatic carbocycles. The molecule has 1 heterocycles. The second kappa shape index (κ2) is 5.73. The van der Waals surface area contributed by atoms with Crippen molar-refractivity contribution in [2.45, 2.75) is 25.3 Å². The number of carbonyl (C=O) groups excluding carboxylic acids is 1. The number of rotatable bonds is 3. The van der Waals surface area contributed by atoms with Gasteiger partial charge in [0.2, 0.25) is 0 Å². The van der Waals surface area contributed by atoms with E-state index in [0.717, 1.165) is 12.8 Å². The number of carboxylic acid groups (broad SMARTS) is 1. The fraction of sp³-hybridized carbons (Fsp3) is 0.429. The van der Waals surface area contributed by atoms with Gasteiger partial charge in [0.05, 0.1) is 7.11 Å². The summed E-state index contributed by atoms with van der Waals surface area (Å²) in [5.41, 5.74) is 0.494. The largest absolute Gasteiger partial charge is 0.497 e. The van der Waals surface area contributed by atoms with Crippen LogP contribution in [-0.4, -0.2) is 41.6 Å². The molecule has 1 aliphatic rings. The van der Waals surface area contributed by atoms with Gasteiger partial charge in [0.1, 0.15) is 11.8 Å². The first kappa shape index (κ1) is 13.4. The lowest BCUT2D eigenvalue weighted by Crippen LogP contribution is -2.47. The minimum atomic E-state index is -0.929. The zero-order chi connectivity index (χ0) is 13.8. The first-order valence-corrected chi connectivity index (χ1v) is 6.31. The fourth-order valence-corrected chi connectivity index (χ4v) is 2.33. The predicted molar refractivity (Wildman–Crippen MR) is 69.3 cm³/mol. The molecule has 102 valence electrons. The van der Waals surface area contributed by atoms with Gasteiger partial charge in [-0.3, -0.25) is 4.79 Å². The molecular formula is C14H17NO4. The number of likely N-dealkylation sites (tertiary alicyclic amines) is 1. The Morgan fingerprint density at radius 1 is 1.26 bits per heavy atom. The van der Waals surface area contributed by atoms with Gasteiger partial charge in [0.25, 0.3) is 5.91 Å². The molecule has 1 N–H and O–H groups in total. The van der Waals surface area contributed by atoms with Crippen molar-refractivity contribution in [2.24, 2.45) is 0 Å². The quantitative estimate of drug-likeness (QED) is 0.902. The third kappa shape index (κ3) is 2.86. The highest BCUT2D eigenvalue weighted by Gasteiger charge is 2.32. The number of carbonyl (C=O) groups is 2. The molecule has 0 saturated carbocycles. The Kier molecular flexibility index (Phi) is 4.04. The molecule has 5 nitrogen and oxygen atoms in total. The number of hydrogen-bond acceptors (Lipinski definition) is 3. The van der Waals surface area contributed by atoms with Gasteiger partial charge >= 0.3 is 5.97 Å². The zero-order valence-corrected chi connectivity index (χ0v) is 10.8. The summed E-state index contributed by atoms with van der Waals surface area (Å²) in [5.74, 6) is -0.485. The van der Waals surface area contributed by atoms with E-state index in [1.807, 2.05) is 0 Å². The maximum Gasteiger partial charge on any atom is 0.326 e. The molecule has 5 heteroatoms. The van der Waals surface area contributed by atoms with Crippen molar-refractivity contribution in [3.8, 4) is 5.75 Å². The van der Waals surface area contributed by atoms with Crippen molar-refractivity contribution >= 4 is 11.9 Å². The highest BCUT2D eigenvalue weighted by Crippen LogP contribution is 2.21. The number of ether oxygens (including phenoxy) is 1. The monoisotopic (exact) mass is 263 g/mol. The Hall–Kier alpha value is -2.04. The molecule has 0 radical (unpaired) electrons. The van der Waals surface area contributed by atoms with Gasteiger partial charge in [-0.25, -0.2) is 4.79 Å². The van der Waals surface area contributed by atoms with Crippen LogP contribution in [0, 0.1) is 0 Å². The van der Waals surface area contributed by atoms with Gasteiger partial charge in [0.15, 0.2) is 0 Å². The van der Waals surface area contributed by atoms with Crippen molar-refractivity contribution in [3.63, 3.8) is 0 Å². The van der Waals surface area contributed by atoms with Gasteiger partial charge in [-0.05, 0) is 43.5 Å². The van der Waals surface area contributed by atoms with Crippen LogP contribution in [0.4, 0.5) is 0 Å². The van der Waals surface area contributed by atoms with E-state index in [4.69, 9.17) is 4.74 Å². The number of methoxy groups -OCH3 is 1. The first-order chi connectivity index (χ1) is 9.13. The maximum absolute atomic E-state index is 12.3. The molecule has 1 aliphatic heterocycles. The zero-order valence-electron chi connectivity index (χ0n) is 10.8. The molecule has 1 aromatic rings. The van der Waals surface area contributed by atoms with E-state index in [2.05, 4.69) is 0 Å². The minimum absolute atomic E-state index is 0.227. The van der Waals surface area contributed by atoms with E-state index in [1.165, 1.54) is 4.90 Å². The predicted octanol–water partition coefficient (Wildman–Crippen LogP) is 1.77. The standard InChI is InChI=1S/C14H17NO4/c1-19-11-7-5-10(6-8-11)13(16)15-9-3-2-4-12(15)14(17)18/h5-8,12H,2-4,9H2,1H3,(H,17,18). The summed E-state index contributed by atoms with van der Waals surface area (Å²) in [6.07, 6.45) is 2.23. The van der Waals surface area contributed by atoms with E-state index < -0.39 is 12.0 Å². The maximum atomic E-state index is 12.3. The number of hydrogen-bond donors (Lipinski definition) is 1. The second-order valence-electron chi connectivity index (χ2n) is 4.58. The fourth-order valence-electron chi connectivity index (χ4n) is 2.33. The molecule has 1 atom stereocenters. The summed E-state index contributed by atoms with van der Waals surface area (Å²) < 4.78 is 5.03. The third-order valence-corrected chi connectivity index (χ3v) is 3.39. The summed E-state index contributed by atoms with van der Waals surface area (Å²) in [6, 6.07) is 6.02. The molecule has 1 aromatic carbocycles. The molecule has 1 saturated heterocycles. The van der Waals surface area contributed by atoms with Gasteiger partial charge in [-0.2, -0.15) is 0 Å². The Morgan fingerprint density at radius 2 is 1.95 bits per heavy atom. The number of carboxylic acids is 1. The van der Waals surface area contributed by atoms with Crippen molar-refractivity contribution in [3.05, 3.63) is 29.8 Å². The number of nitrogens with zero attached hydrogens (tertiary/aromatic N) is 1. The summed E-state index contributed by atoms with van der Waals surface area (Å²) >= 11 is 0. The Bertz CT molecular complexity index is 469. The smallest absolute Gasteiger partial charge is 0.326 e. The van der Waals surface area contributed by atoms with Gasteiger partial charge in [-0.15, -0.1) is 0 Å². The molecule has 19 heavy (non-hydrogen) atoms. The highest BCUT2D eigenvalue weighted by molar-refractivity contribution is 5.96. The van der Waals surface area contributed by atoms with E-state index in [9.17, 15) is 14.7 Å². The summed E-state index contributed by atoms with van der Waals surface area (Å²) in [7, 11) is 1.56. The molecule has 2 rings (SSSR count). The van der Waals surface area contributed by atoms with Gasteiger partial charge in [-0.1, -0.05) is 0 Å². The van der Waals surface area contributed by atoms with E-state index in [1.54, 1.807) is 31.4 Å².